The number of phenolic OH excluding ortho intramolecular Hbond substituents is 3. The van der Waals surface area contributed by atoms with Crippen molar-refractivity contribution < 1.29 is 49.4 Å². The van der Waals surface area contributed by atoms with E-state index < -0.39 is 88.4 Å². The number of benzene rings is 2. The normalized spacial score (nSPS) is 30.1. The van der Waals surface area contributed by atoms with Crippen LogP contribution in [-0.4, -0.2) is 73.0 Å². The molecule has 0 aromatic heterocycles. The van der Waals surface area contributed by atoms with Gasteiger partial charge in [-0.15, -0.1) is 12.4 Å². The zero-order valence-corrected chi connectivity index (χ0v) is 21.3. The number of ketones is 3. The largest absolute Gasteiger partial charge is 0.507 e. The minimum Gasteiger partial charge on any atom is -0.507 e. The van der Waals surface area contributed by atoms with E-state index in [1.807, 2.05) is 0 Å². The van der Waals surface area contributed by atoms with Crippen molar-refractivity contribution in [1.82, 2.24) is 0 Å². The SMILES string of the molecule is CC(=O)C1(O)Cc2c(O)c3c(c(O)c2C(OC2CC(N)C(O)C(C)O2)C1)C(=O)c1c(O)cccc1C3=O.Cl. The summed E-state index contributed by atoms with van der Waals surface area (Å²) in [6, 6.07) is 3.20. The van der Waals surface area contributed by atoms with Crippen LogP contribution in [0.4, 0.5) is 0 Å². The van der Waals surface area contributed by atoms with Crippen molar-refractivity contribution in [1.29, 1.82) is 0 Å². The number of ether oxygens (including phenoxy) is 2. The van der Waals surface area contributed by atoms with Crippen LogP contribution in [0.3, 0.4) is 0 Å². The van der Waals surface area contributed by atoms with Crippen molar-refractivity contribution in [2.45, 2.75) is 69.4 Å². The second-order valence-electron chi connectivity index (χ2n) is 9.95. The summed E-state index contributed by atoms with van der Waals surface area (Å²) < 4.78 is 11.7. The molecule has 7 N–H and O–H groups in total. The summed E-state index contributed by atoms with van der Waals surface area (Å²) in [5.74, 6) is -4.13. The fourth-order valence-corrected chi connectivity index (χ4v) is 5.50. The summed E-state index contributed by atoms with van der Waals surface area (Å²) in [6.45, 7) is 2.76. The van der Waals surface area contributed by atoms with E-state index in [9.17, 15) is 39.9 Å². The molecule has 2 aromatic carbocycles. The van der Waals surface area contributed by atoms with Crippen molar-refractivity contribution in [2.75, 3.05) is 0 Å². The minimum atomic E-state index is -2.02. The van der Waals surface area contributed by atoms with Gasteiger partial charge in [-0.25, -0.2) is 0 Å². The number of fused-ring (bicyclic) bond motifs is 3. The van der Waals surface area contributed by atoms with Crippen molar-refractivity contribution in [3.63, 3.8) is 0 Å². The molecule has 1 aliphatic heterocycles. The molecule has 0 bridgehead atoms. The van der Waals surface area contributed by atoms with Crippen LogP contribution in [-0.2, 0) is 20.7 Å². The Morgan fingerprint density at radius 3 is 2.39 bits per heavy atom. The van der Waals surface area contributed by atoms with Crippen molar-refractivity contribution in [3.05, 3.63) is 51.6 Å². The van der Waals surface area contributed by atoms with Gasteiger partial charge < -0.3 is 40.7 Å². The van der Waals surface area contributed by atoms with Crippen LogP contribution in [0.25, 0.3) is 0 Å². The molecule has 0 amide bonds. The van der Waals surface area contributed by atoms with Gasteiger partial charge in [0, 0.05) is 42.0 Å². The van der Waals surface area contributed by atoms with E-state index >= 15 is 0 Å². The minimum absolute atomic E-state index is 0. The zero-order valence-electron chi connectivity index (χ0n) is 20.5. The fourth-order valence-electron chi connectivity index (χ4n) is 5.50. The third-order valence-electron chi connectivity index (χ3n) is 7.59. The van der Waals surface area contributed by atoms with Crippen LogP contribution < -0.4 is 5.73 Å². The number of carbonyl (C=O) groups is 3. The van der Waals surface area contributed by atoms with Crippen LogP contribution in [0.1, 0.15) is 75.8 Å². The molecule has 0 saturated carbocycles. The first kappa shape index (κ1) is 28.0. The molecule has 2 aliphatic carbocycles. The molecule has 1 heterocycles. The monoisotopic (exact) mass is 549 g/mol. The molecule has 38 heavy (non-hydrogen) atoms. The van der Waals surface area contributed by atoms with Crippen LogP contribution in [0.2, 0.25) is 0 Å². The number of Topliss-reactive ketones (excluding diaryl/α,β-unsaturated/α-hetero) is 1. The van der Waals surface area contributed by atoms with Crippen LogP contribution in [0.5, 0.6) is 17.2 Å². The van der Waals surface area contributed by atoms with E-state index in [-0.39, 0.29) is 47.5 Å². The molecular formula is C26H28ClNO10. The average molecular weight is 550 g/mol. The predicted molar refractivity (Wildman–Crippen MR) is 133 cm³/mol. The molecule has 2 aromatic rings. The van der Waals surface area contributed by atoms with E-state index in [1.165, 1.54) is 18.2 Å². The van der Waals surface area contributed by atoms with Gasteiger partial charge in [-0.3, -0.25) is 14.4 Å². The Hall–Kier alpha value is -3.06. The molecule has 0 spiro atoms. The fraction of sp³-hybridized carbons (Fsp3) is 0.423. The summed E-state index contributed by atoms with van der Waals surface area (Å²) in [4.78, 5) is 39.1. The quantitative estimate of drug-likeness (QED) is 0.256. The number of carbonyl (C=O) groups excluding carboxylic acids is 3. The highest BCUT2D eigenvalue weighted by atomic mass is 35.5. The Morgan fingerprint density at radius 2 is 1.76 bits per heavy atom. The van der Waals surface area contributed by atoms with E-state index in [4.69, 9.17) is 15.2 Å². The maximum atomic E-state index is 13.4. The third-order valence-corrected chi connectivity index (χ3v) is 7.59. The average Bonchev–Trinajstić information content (AvgIpc) is 2.82. The molecule has 11 nitrogen and oxygen atoms in total. The third kappa shape index (κ3) is 4.06. The van der Waals surface area contributed by atoms with Crippen molar-refractivity contribution >= 4 is 29.8 Å². The van der Waals surface area contributed by atoms with Gasteiger partial charge in [-0.1, -0.05) is 12.1 Å². The highest BCUT2D eigenvalue weighted by molar-refractivity contribution is 6.31. The summed E-state index contributed by atoms with van der Waals surface area (Å²) in [5, 5.41) is 54.1. The lowest BCUT2D eigenvalue weighted by molar-refractivity contribution is -0.247. The Balaban J connectivity index is 0.00000336. The van der Waals surface area contributed by atoms with Crippen LogP contribution in [0.15, 0.2) is 18.2 Å². The second-order valence-corrected chi connectivity index (χ2v) is 9.95. The second kappa shape index (κ2) is 9.60. The number of hydrogen-bond acceptors (Lipinski definition) is 11. The Labute approximate surface area is 223 Å². The molecule has 1 fully saturated rings. The lowest BCUT2D eigenvalue weighted by Crippen LogP contribution is -2.52. The Bertz CT molecular complexity index is 1350. The first-order valence-electron chi connectivity index (χ1n) is 11.9. The number of hydrogen-bond donors (Lipinski definition) is 6. The summed E-state index contributed by atoms with van der Waals surface area (Å²) >= 11 is 0. The lowest BCUT2D eigenvalue weighted by Gasteiger charge is -2.42. The van der Waals surface area contributed by atoms with Crippen LogP contribution >= 0.6 is 12.4 Å². The van der Waals surface area contributed by atoms with Crippen molar-refractivity contribution in [2.24, 2.45) is 5.73 Å². The van der Waals surface area contributed by atoms with E-state index in [0.29, 0.717) is 0 Å². The van der Waals surface area contributed by atoms with Gasteiger partial charge in [-0.05, 0) is 19.9 Å². The summed E-state index contributed by atoms with van der Waals surface area (Å²) in [6.07, 6.45) is -4.68. The number of phenols is 3. The number of halogens is 1. The number of aliphatic hydroxyl groups is 2. The Kier molecular flexibility index (Phi) is 7.06. The predicted octanol–water partition coefficient (Wildman–Crippen LogP) is 1.15. The maximum Gasteiger partial charge on any atom is 0.202 e. The standard InChI is InChI=1S/C26H27NO10.ClH/c1-9-21(30)13(27)6-16(36-9)37-15-8-26(35,10(2)28)7-12-18(15)25(34)20-19(23(12)32)22(31)11-4-3-5-14(29)17(11)24(20)33;/h3-5,9,13,15-16,21,29-30,32,34-35H,6-8,27H2,1-2H3;1H. The van der Waals surface area contributed by atoms with Crippen molar-refractivity contribution in [3.8, 4) is 17.2 Å². The molecular weight excluding hydrogens is 522 g/mol. The molecule has 6 atom stereocenters. The molecule has 204 valence electrons. The van der Waals surface area contributed by atoms with E-state index in [2.05, 4.69) is 0 Å². The highest BCUT2D eigenvalue weighted by Crippen LogP contribution is 2.52. The van der Waals surface area contributed by atoms with Gasteiger partial charge >= 0.3 is 0 Å². The number of rotatable bonds is 3. The topological polar surface area (TPSA) is 197 Å². The Morgan fingerprint density at radius 1 is 1.11 bits per heavy atom. The van der Waals surface area contributed by atoms with E-state index in [0.717, 1.165) is 6.92 Å². The van der Waals surface area contributed by atoms with Gasteiger partial charge in [-0.2, -0.15) is 0 Å². The summed E-state index contributed by atoms with van der Waals surface area (Å²) in [5.41, 5.74) is 2.29. The molecule has 0 radical (unpaired) electrons. The van der Waals surface area contributed by atoms with E-state index in [1.54, 1.807) is 6.92 Å². The molecule has 12 heteroatoms. The molecule has 6 unspecified atom stereocenters. The maximum absolute atomic E-state index is 13.4. The van der Waals surface area contributed by atoms with Gasteiger partial charge in [0.05, 0.1) is 35.0 Å². The number of aromatic hydroxyl groups is 3. The van der Waals surface area contributed by atoms with Gasteiger partial charge in [0.1, 0.15) is 22.8 Å². The zero-order chi connectivity index (χ0) is 27.0. The molecule has 3 aliphatic rings. The van der Waals surface area contributed by atoms with Gasteiger partial charge in [0.2, 0.25) is 5.78 Å². The lowest BCUT2D eigenvalue weighted by atomic mass is 9.72. The highest BCUT2D eigenvalue weighted by Gasteiger charge is 2.49. The first-order chi connectivity index (χ1) is 17.4. The number of nitrogens with two attached hydrogens (primary N) is 1. The van der Waals surface area contributed by atoms with Gasteiger partial charge in [0.15, 0.2) is 17.9 Å². The smallest absolute Gasteiger partial charge is 0.202 e. The molecule has 5 rings (SSSR count). The molecule has 1 saturated heterocycles. The number of aliphatic hydroxyl groups excluding tert-OH is 1. The van der Waals surface area contributed by atoms with Crippen LogP contribution in [0, 0.1) is 0 Å². The summed E-state index contributed by atoms with van der Waals surface area (Å²) in [7, 11) is 0. The first-order valence-corrected chi connectivity index (χ1v) is 11.9. The van der Waals surface area contributed by atoms with Gasteiger partial charge in [0.25, 0.3) is 0 Å².